The average molecular weight is 376 g/mol. The van der Waals surface area contributed by atoms with Gasteiger partial charge < -0.3 is 15.4 Å². The maximum atomic E-state index is 12.4. The highest BCUT2D eigenvalue weighted by molar-refractivity contribution is 5.98. The van der Waals surface area contributed by atoms with Crippen LogP contribution < -0.4 is 10.6 Å². The molecule has 0 aliphatic heterocycles. The summed E-state index contributed by atoms with van der Waals surface area (Å²) in [7, 11) is 0. The number of benzene rings is 1. The Morgan fingerprint density at radius 3 is 2.46 bits per heavy atom. The van der Waals surface area contributed by atoms with Gasteiger partial charge in [0, 0.05) is 25.1 Å². The van der Waals surface area contributed by atoms with E-state index in [4.69, 9.17) is 4.74 Å². The van der Waals surface area contributed by atoms with Crippen molar-refractivity contribution in [3.63, 3.8) is 0 Å². The molecule has 0 fully saturated rings. The van der Waals surface area contributed by atoms with E-state index in [1.165, 1.54) is 0 Å². The zero-order valence-corrected chi connectivity index (χ0v) is 15.2. The number of carbonyl (C=O) groups excluding carboxylic acids is 2. The van der Waals surface area contributed by atoms with Gasteiger partial charge in [0.1, 0.15) is 5.82 Å². The lowest BCUT2D eigenvalue weighted by Crippen LogP contribution is -2.29. The van der Waals surface area contributed by atoms with Crippen molar-refractivity contribution < 1.29 is 14.3 Å². The Hall–Kier alpha value is -3.74. The summed E-state index contributed by atoms with van der Waals surface area (Å²) in [6, 6.07) is 16.4. The first-order valence-electron chi connectivity index (χ1n) is 8.78. The second-order valence-corrected chi connectivity index (χ2v) is 5.94. The minimum Gasteiger partial charge on any atom is -0.444 e. The fourth-order valence-electron chi connectivity index (χ4n) is 2.51. The van der Waals surface area contributed by atoms with Gasteiger partial charge in [-0.2, -0.15) is 0 Å². The van der Waals surface area contributed by atoms with E-state index in [1.807, 2.05) is 42.5 Å². The highest BCUT2D eigenvalue weighted by Gasteiger charge is 2.13. The lowest BCUT2D eigenvalue weighted by molar-refractivity contribution is -0.143. The van der Waals surface area contributed by atoms with Crippen molar-refractivity contribution in [2.45, 2.75) is 13.0 Å². The molecule has 0 aliphatic carbocycles. The van der Waals surface area contributed by atoms with E-state index in [0.29, 0.717) is 17.9 Å². The first kappa shape index (κ1) is 19.0. The molecule has 0 saturated carbocycles. The maximum absolute atomic E-state index is 12.4. The van der Waals surface area contributed by atoms with Crippen LogP contribution in [0.5, 0.6) is 0 Å². The number of carbonyl (C=O) groups is 2. The van der Waals surface area contributed by atoms with Gasteiger partial charge in [0.15, 0.2) is 6.73 Å². The predicted molar refractivity (Wildman–Crippen MR) is 104 cm³/mol. The fourth-order valence-corrected chi connectivity index (χ4v) is 2.51. The monoisotopic (exact) mass is 376 g/mol. The molecule has 7 nitrogen and oxygen atoms in total. The maximum Gasteiger partial charge on any atom is 0.311 e. The van der Waals surface area contributed by atoms with Crippen LogP contribution in [0, 0.1) is 0 Å². The lowest BCUT2D eigenvalue weighted by atomic mass is 10.2. The van der Waals surface area contributed by atoms with Gasteiger partial charge in [-0.1, -0.05) is 30.3 Å². The minimum absolute atomic E-state index is 0.155. The van der Waals surface area contributed by atoms with Crippen molar-refractivity contribution >= 4 is 17.7 Å². The second kappa shape index (κ2) is 9.82. The molecule has 0 atom stereocenters. The second-order valence-electron chi connectivity index (χ2n) is 5.94. The van der Waals surface area contributed by atoms with E-state index in [2.05, 4.69) is 20.6 Å². The standard InChI is InChI=1S/C21H20N4O3/c26-19(13-16-5-2-1-3-6-16)28-15-25-21(27)18-7-4-10-23-20(18)24-14-17-8-11-22-12-9-17/h1-12H,13-15H2,(H,23,24)(H,25,27). The molecule has 7 heteroatoms. The third-order valence-electron chi connectivity index (χ3n) is 3.92. The van der Waals surface area contributed by atoms with Gasteiger partial charge in [0.25, 0.3) is 5.91 Å². The van der Waals surface area contributed by atoms with E-state index in [0.717, 1.165) is 11.1 Å². The van der Waals surface area contributed by atoms with Gasteiger partial charge in [-0.3, -0.25) is 14.6 Å². The quantitative estimate of drug-likeness (QED) is 0.464. The van der Waals surface area contributed by atoms with Crippen LogP contribution in [0.4, 0.5) is 5.82 Å². The Morgan fingerprint density at radius 2 is 1.68 bits per heavy atom. The number of hydrogen-bond donors (Lipinski definition) is 2. The number of ether oxygens (including phenoxy) is 1. The average Bonchev–Trinajstić information content (AvgIpc) is 2.74. The molecule has 3 aromatic rings. The Kier molecular flexibility index (Phi) is 6.67. The van der Waals surface area contributed by atoms with Crippen LogP contribution in [0.15, 0.2) is 73.2 Å². The van der Waals surface area contributed by atoms with E-state index in [-0.39, 0.29) is 19.1 Å². The number of rotatable bonds is 8. The number of hydrogen-bond acceptors (Lipinski definition) is 6. The van der Waals surface area contributed by atoms with Crippen LogP contribution in [0.25, 0.3) is 0 Å². The van der Waals surface area contributed by atoms with Gasteiger partial charge in [-0.25, -0.2) is 4.98 Å². The summed E-state index contributed by atoms with van der Waals surface area (Å²) in [5, 5.41) is 5.72. The number of nitrogens with zero attached hydrogens (tertiary/aromatic N) is 2. The van der Waals surface area contributed by atoms with Crippen molar-refractivity contribution in [3.8, 4) is 0 Å². The smallest absolute Gasteiger partial charge is 0.311 e. The Bertz CT molecular complexity index is 917. The normalized spacial score (nSPS) is 10.1. The topological polar surface area (TPSA) is 93.2 Å². The molecule has 28 heavy (non-hydrogen) atoms. The lowest BCUT2D eigenvalue weighted by Gasteiger charge is -2.11. The number of anilines is 1. The molecular weight excluding hydrogens is 356 g/mol. The molecule has 142 valence electrons. The van der Waals surface area contributed by atoms with Crippen LogP contribution in [-0.4, -0.2) is 28.6 Å². The summed E-state index contributed by atoms with van der Waals surface area (Å²) in [4.78, 5) is 32.5. The van der Waals surface area contributed by atoms with Crippen molar-refractivity contribution in [2.24, 2.45) is 0 Å². The van der Waals surface area contributed by atoms with Gasteiger partial charge in [-0.15, -0.1) is 0 Å². The van der Waals surface area contributed by atoms with Crippen molar-refractivity contribution in [2.75, 3.05) is 12.0 Å². The Balaban J connectivity index is 1.50. The SMILES string of the molecule is O=C(Cc1ccccc1)OCNC(=O)c1cccnc1NCc1ccncc1. The van der Waals surface area contributed by atoms with Crippen LogP contribution in [-0.2, 0) is 22.5 Å². The number of esters is 1. The third kappa shape index (κ3) is 5.63. The number of aromatic nitrogens is 2. The molecule has 3 rings (SSSR count). The molecule has 0 aliphatic rings. The van der Waals surface area contributed by atoms with Crippen LogP contribution >= 0.6 is 0 Å². The predicted octanol–water partition coefficient (Wildman–Crippen LogP) is 2.56. The summed E-state index contributed by atoms with van der Waals surface area (Å²) in [5.41, 5.74) is 2.24. The summed E-state index contributed by atoms with van der Waals surface area (Å²) >= 11 is 0. The minimum atomic E-state index is -0.409. The first-order chi connectivity index (χ1) is 13.7. The number of amides is 1. The molecule has 2 N–H and O–H groups in total. The molecule has 0 unspecified atom stereocenters. The summed E-state index contributed by atoms with van der Waals surface area (Å²) in [6.45, 7) is 0.301. The first-order valence-corrected chi connectivity index (χ1v) is 8.78. The van der Waals surface area contributed by atoms with Crippen molar-refractivity contribution in [3.05, 3.63) is 89.9 Å². The van der Waals surface area contributed by atoms with Crippen LogP contribution in [0.1, 0.15) is 21.5 Å². The molecule has 0 bridgehead atoms. The Morgan fingerprint density at radius 1 is 0.893 bits per heavy atom. The van der Waals surface area contributed by atoms with Crippen LogP contribution in [0.3, 0.4) is 0 Å². The molecule has 0 spiro atoms. The molecule has 1 amide bonds. The zero-order valence-electron chi connectivity index (χ0n) is 15.2. The van der Waals surface area contributed by atoms with E-state index < -0.39 is 5.97 Å². The van der Waals surface area contributed by atoms with Gasteiger partial charge in [0.05, 0.1) is 12.0 Å². The van der Waals surface area contributed by atoms with E-state index >= 15 is 0 Å². The van der Waals surface area contributed by atoms with Gasteiger partial charge in [-0.05, 0) is 35.4 Å². The largest absolute Gasteiger partial charge is 0.444 e. The molecular formula is C21H20N4O3. The summed E-state index contributed by atoms with van der Waals surface area (Å²) in [5.74, 6) is -0.334. The van der Waals surface area contributed by atoms with Crippen molar-refractivity contribution in [1.82, 2.24) is 15.3 Å². The van der Waals surface area contributed by atoms with E-state index in [1.54, 1.807) is 30.7 Å². The zero-order chi connectivity index (χ0) is 19.6. The molecule has 2 heterocycles. The highest BCUT2D eigenvalue weighted by Crippen LogP contribution is 2.12. The molecule has 1 aromatic carbocycles. The summed E-state index contributed by atoms with van der Waals surface area (Å²) in [6.07, 6.45) is 5.16. The summed E-state index contributed by atoms with van der Waals surface area (Å²) < 4.78 is 5.09. The highest BCUT2D eigenvalue weighted by atomic mass is 16.5. The number of nitrogens with one attached hydrogen (secondary N) is 2. The molecule has 0 saturated heterocycles. The molecule has 0 radical (unpaired) electrons. The van der Waals surface area contributed by atoms with Crippen molar-refractivity contribution in [1.29, 1.82) is 0 Å². The van der Waals surface area contributed by atoms with Gasteiger partial charge in [0.2, 0.25) is 0 Å². The van der Waals surface area contributed by atoms with E-state index in [9.17, 15) is 9.59 Å². The van der Waals surface area contributed by atoms with Gasteiger partial charge >= 0.3 is 5.97 Å². The Labute approximate surface area is 162 Å². The van der Waals surface area contributed by atoms with Crippen LogP contribution in [0.2, 0.25) is 0 Å². The number of pyridine rings is 2. The third-order valence-corrected chi connectivity index (χ3v) is 3.92. The fraction of sp³-hybridized carbons (Fsp3) is 0.143. The molecule has 2 aromatic heterocycles.